The Balaban J connectivity index is 1.95. The lowest BCUT2D eigenvalue weighted by Gasteiger charge is -2.03. The number of nitrogens with zero attached hydrogens (tertiary/aromatic N) is 2. The molecule has 0 saturated carbocycles. The van der Waals surface area contributed by atoms with Crippen molar-refractivity contribution in [3.05, 3.63) is 58.1 Å². The Morgan fingerprint density at radius 3 is 2.52 bits per heavy atom. The molecule has 128 valence electrons. The van der Waals surface area contributed by atoms with Crippen LogP contribution in [0.5, 0.6) is 11.5 Å². The van der Waals surface area contributed by atoms with E-state index >= 15 is 0 Å². The average Bonchev–Trinajstić information content (AvgIpc) is 2.58. The van der Waals surface area contributed by atoms with Crippen LogP contribution in [0.4, 0.5) is 11.4 Å². The maximum atomic E-state index is 11.7. The number of hydrogen-bond acceptors (Lipinski definition) is 7. The molecule has 2 aromatic rings. The number of phenols is 2. The number of nitro groups is 1. The highest BCUT2D eigenvalue weighted by atomic mass is 16.6. The van der Waals surface area contributed by atoms with Crippen LogP contribution in [0.25, 0.3) is 0 Å². The molecule has 0 atom stereocenters. The number of benzene rings is 2. The lowest BCUT2D eigenvalue weighted by Crippen LogP contribution is -2.32. The van der Waals surface area contributed by atoms with E-state index in [4.69, 9.17) is 5.11 Å². The third-order valence-electron chi connectivity index (χ3n) is 2.90. The van der Waals surface area contributed by atoms with Gasteiger partial charge < -0.3 is 15.5 Å². The Bertz CT molecular complexity index is 865. The fourth-order valence-electron chi connectivity index (χ4n) is 1.72. The minimum Gasteiger partial charge on any atom is -0.504 e. The van der Waals surface area contributed by atoms with Gasteiger partial charge in [-0.2, -0.15) is 5.10 Å². The van der Waals surface area contributed by atoms with Gasteiger partial charge in [0.2, 0.25) is 0 Å². The summed E-state index contributed by atoms with van der Waals surface area (Å²) in [6, 6.07) is 8.96. The second kappa shape index (κ2) is 7.55. The zero-order chi connectivity index (χ0) is 18.4. The summed E-state index contributed by atoms with van der Waals surface area (Å²) in [5, 5.41) is 34.9. The second-order valence-corrected chi connectivity index (χ2v) is 4.71. The van der Waals surface area contributed by atoms with Gasteiger partial charge in [-0.05, 0) is 29.8 Å². The Morgan fingerprint density at radius 1 is 1.08 bits per heavy atom. The summed E-state index contributed by atoms with van der Waals surface area (Å²) >= 11 is 0. The first-order valence-electron chi connectivity index (χ1n) is 6.77. The van der Waals surface area contributed by atoms with Crippen LogP contribution in [-0.4, -0.2) is 33.2 Å². The molecule has 0 aliphatic carbocycles. The van der Waals surface area contributed by atoms with E-state index in [0.717, 1.165) is 12.3 Å². The number of carbonyl (C=O) groups is 2. The third-order valence-corrected chi connectivity index (χ3v) is 2.90. The number of nitro benzene ring substituents is 1. The lowest BCUT2D eigenvalue weighted by atomic mass is 10.2. The van der Waals surface area contributed by atoms with E-state index in [1.807, 2.05) is 5.43 Å². The maximum absolute atomic E-state index is 11.7. The van der Waals surface area contributed by atoms with Crippen LogP contribution in [0.15, 0.2) is 47.6 Å². The Kier molecular flexibility index (Phi) is 5.25. The second-order valence-electron chi connectivity index (χ2n) is 4.71. The highest BCUT2D eigenvalue weighted by Gasteiger charge is 2.14. The molecule has 25 heavy (non-hydrogen) atoms. The van der Waals surface area contributed by atoms with E-state index in [1.54, 1.807) is 0 Å². The van der Waals surface area contributed by atoms with Gasteiger partial charge in [0.25, 0.3) is 5.69 Å². The van der Waals surface area contributed by atoms with Gasteiger partial charge in [-0.15, -0.1) is 0 Å². The zero-order valence-corrected chi connectivity index (χ0v) is 12.5. The molecule has 0 radical (unpaired) electrons. The fraction of sp³-hybridized carbons (Fsp3) is 0. The number of carbonyl (C=O) groups excluding carboxylic acids is 2. The van der Waals surface area contributed by atoms with E-state index in [0.29, 0.717) is 5.56 Å². The number of non-ortho nitro benzene ring substituents is 1. The van der Waals surface area contributed by atoms with Crippen molar-refractivity contribution in [3.8, 4) is 11.5 Å². The van der Waals surface area contributed by atoms with Crippen LogP contribution in [0.2, 0.25) is 0 Å². The predicted molar refractivity (Wildman–Crippen MR) is 87.2 cm³/mol. The smallest absolute Gasteiger partial charge is 0.329 e. The normalized spacial score (nSPS) is 10.4. The summed E-state index contributed by atoms with van der Waals surface area (Å²) in [6.45, 7) is 0. The summed E-state index contributed by atoms with van der Waals surface area (Å²) in [5.41, 5.74) is 2.19. The molecule has 2 rings (SSSR count). The first-order chi connectivity index (χ1) is 11.9. The summed E-state index contributed by atoms with van der Waals surface area (Å²) in [5.74, 6) is -2.83. The molecule has 0 fully saturated rings. The standard InChI is InChI=1S/C15H12N4O6/c20-12-5-4-9(6-13(12)21)8-16-18-15(23)14(22)17-10-2-1-3-11(7-10)19(24)25/h1-8,20-21H,(H,17,22)(H,18,23)/b16-8+. The molecule has 0 heterocycles. The molecule has 0 unspecified atom stereocenters. The van der Waals surface area contributed by atoms with Crippen LogP contribution in [-0.2, 0) is 9.59 Å². The molecule has 0 aromatic heterocycles. The van der Waals surface area contributed by atoms with E-state index in [9.17, 15) is 24.8 Å². The molecule has 10 heteroatoms. The Labute approximate surface area is 140 Å². The number of phenolic OH excluding ortho intramolecular Hbond substituents is 2. The molecular weight excluding hydrogens is 332 g/mol. The largest absolute Gasteiger partial charge is 0.504 e. The zero-order valence-electron chi connectivity index (χ0n) is 12.5. The first kappa shape index (κ1) is 17.4. The molecule has 4 N–H and O–H groups in total. The van der Waals surface area contributed by atoms with Gasteiger partial charge in [-0.25, -0.2) is 5.43 Å². The van der Waals surface area contributed by atoms with Crippen LogP contribution >= 0.6 is 0 Å². The van der Waals surface area contributed by atoms with Crippen molar-refractivity contribution < 1.29 is 24.7 Å². The average molecular weight is 344 g/mol. The van der Waals surface area contributed by atoms with Gasteiger partial charge in [-0.3, -0.25) is 19.7 Å². The topological polar surface area (TPSA) is 154 Å². The number of hydrazone groups is 1. The number of nitrogens with one attached hydrogen (secondary N) is 2. The molecule has 0 aliphatic heterocycles. The van der Waals surface area contributed by atoms with E-state index in [1.165, 1.54) is 36.4 Å². The van der Waals surface area contributed by atoms with Gasteiger partial charge in [0.15, 0.2) is 11.5 Å². The van der Waals surface area contributed by atoms with Crippen molar-refractivity contribution in [2.24, 2.45) is 5.10 Å². The molecule has 0 saturated heterocycles. The van der Waals surface area contributed by atoms with Crippen molar-refractivity contribution in [3.63, 3.8) is 0 Å². The molecule has 0 spiro atoms. The van der Waals surface area contributed by atoms with Gasteiger partial charge in [0.05, 0.1) is 11.1 Å². The predicted octanol–water partition coefficient (Wildman–Crippen LogP) is 1.09. The molecule has 2 aromatic carbocycles. The van der Waals surface area contributed by atoms with Crippen molar-refractivity contribution in [2.45, 2.75) is 0 Å². The van der Waals surface area contributed by atoms with E-state index in [2.05, 4.69) is 10.4 Å². The Morgan fingerprint density at radius 2 is 1.84 bits per heavy atom. The van der Waals surface area contributed by atoms with Crippen LogP contribution < -0.4 is 10.7 Å². The fourth-order valence-corrected chi connectivity index (χ4v) is 1.72. The number of rotatable bonds is 4. The minimum atomic E-state index is -1.09. The van der Waals surface area contributed by atoms with Crippen molar-refractivity contribution in [2.75, 3.05) is 5.32 Å². The number of amides is 2. The van der Waals surface area contributed by atoms with Gasteiger partial charge in [-0.1, -0.05) is 6.07 Å². The maximum Gasteiger partial charge on any atom is 0.329 e. The van der Waals surface area contributed by atoms with Crippen molar-refractivity contribution in [1.82, 2.24) is 5.43 Å². The monoisotopic (exact) mass is 344 g/mol. The summed E-state index contributed by atoms with van der Waals surface area (Å²) in [4.78, 5) is 33.3. The van der Waals surface area contributed by atoms with Gasteiger partial charge in [0, 0.05) is 17.8 Å². The van der Waals surface area contributed by atoms with E-state index < -0.39 is 16.7 Å². The third kappa shape index (κ3) is 4.76. The van der Waals surface area contributed by atoms with Crippen LogP contribution in [0, 0.1) is 10.1 Å². The van der Waals surface area contributed by atoms with Crippen molar-refractivity contribution >= 4 is 29.4 Å². The minimum absolute atomic E-state index is 0.0850. The summed E-state index contributed by atoms with van der Waals surface area (Å²) in [7, 11) is 0. The molecule has 0 bridgehead atoms. The molecule has 10 nitrogen and oxygen atoms in total. The SMILES string of the molecule is O=C(N/N=C/c1ccc(O)c(O)c1)C(=O)Nc1cccc([N+](=O)[O-])c1. The highest BCUT2D eigenvalue weighted by molar-refractivity contribution is 6.39. The quantitative estimate of drug-likeness (QED) is 0.214. The number of aromatic hydroxyl groups is 2. The van der Waals surface area contributed by atoms with Crippen LogP contribution in [0.1, 0.15) is 5.56 Å². The van der Waals surface area contributed by atoms with Crippen LogP contribution in [0.3, 0.4) is 0 Å². The molecular formula is C15H12N4O6. The summed E-state index contributed by atoms with van der Waals surface area (Å²) in [6.07, 6.45) is 1.15. The first-order valence-corrected chi connectivity index (χ1v) is 6.77. The lowest BCUT2D eigenvalue weighted by molar-refractivity contribution is -0.384. The summed E-state index contributed by atoms with van der Waals surface area (Å²) < 4.78 is 0. The Hall–Kier alpha value is -3.95. The van der Waals surface area contributed by atoms with Gasteiger partial charge >= 0.3 is 11.8 Å². The number of anilines is 1. The molecule has 2 amide bonds. The highest BCUT2D eigenvalue weighted by Crippen LogP contribution is 2.23. The van der Waals surface area contributed by atoms with Gasteiger partial charge in [0.1, 0.15) is 0 Å². The van der Waals surface area contributed by atoms with Crippen molar-refractivity contribution in [1.29, 1.82) is 0 Å². The molecule has 0 aliphatic rings. The number of hydrogen-bond donors (Lipinski definition) is 4. The van der Waals surface area contributed by atoms with E-state index in [-0.39, 0.29) is 22.9 Å².